The summed E-state index contributed by atoms with van der Waals surface area (Å²) < 4.78 is 0. The van der Waals surface area contributed by atoms with Gasteiger partial charge in [-0.2, -0.15) is 0 Å². The minimum atomic E-state index is 0.179. The van der Waals surface area contributed by atoms with Crippen molar-refractivity contribution in [3.05, 3.63) is 53.1 Å². The summed E-state index contributed by atoms with van der Waals surface area (Å²) in [7, 11) is 0. The van der Waals surface area contributed by atoms with Gasteiger partial charge in [0.25, 0.3) is 0 Å². The van der Waals surface area contributed by atoms with E-state index < -0.39 is 0 Å². The van der Waals surface area contributed by atoms with Crippen LogP contribution >= 0.6 is 0 Å². The molecule has 1 unspecified atom stereocenters. The summed E-state index contributed by atoms with van der Waals surface area (Å²) in [6.07, 6.45) is 0.935. The van der Waals surface area contributed by atoms with Crippen molar-refractivity contribution >= 4 is 5.69 Å². The second-order valence-corrected chi connectivity index (χ2v) is 5.15. The molecule has 0 saturated carbocycles. The highest BCUT2D eigenvalue weighted by atomic mass is 16.3. The van der Waals surface area contributed by atoms with Crippen molar-refractivity contribution in [3.8, 4) is 11.5 Å². The summed E-state index contributed by atoms with van der Waals surface area (Å²) in [5.41, 5.74) is 4.04. The lowest BCUT2D eigenvalue weighted by molar-refractivity contribution is 0.470. The van der Waals surface area contributed by atoms with Gasteiger partial charge in [0.15, 0.2) is 0 Å². The van der Waals surface area contributed by atoms with E-state index in [2.05, 4.69) is 12.2 Å². The van der Waals surface area contributed by atoms with E-state index in [1.54, 1.807) is 18.2 Å². The van der Waals surface area contributed by atoms with Gasteiger partial charge in [-0.15, -0.1) is 0 Å². The molecule has 0 fully saturated rings. The Morgan fingerprint density at radius 2 is 1.65 bits per heavy atom. The molecule has 0 aliphatic rings. The zero-order valence-electron chi connectivity index (χ0n) is 12.1. The van der Waals surface area contributed by atoms with Crippen LogP contribution in [0.15, 0.2) is 36.4 Å². The minimum absolute atomic E-state index is 0.179. The average molecular weight is 271 g/mol. The second kappa shape index (κ2) is 5.87. The number of hydrogen-bond acceptors (Lipinski definition) is 3. The number of aromatic hydroxyl groups is 2. The molecule has 1 atom stereocenters. The highest BCUT2D eigenvalue weighted by Crippen LogP contribution is 2.29. The number of anilines is 1. The maximum atomic E-state index is 9.71. The fraction of sp³-hybridized carbons (Fsp3) is 0.294. The third-order valence-electron chi connectivity index (χ3n) is 3.58. The van der Waals surface area contributed by atoms with E-state index in [1.165, 1.54) is 0 Å². The van der Waals surface area contributed by atoms with E-state index in [9.17, 15) is 10.2 Å². The molecule has 0 heterocycles. The van der Waals surface area contributed by atoms with Crippen LogP contribution in [0.1, 0.15) is 36.1 Å². The molecule has 2 aromatic carbocycles. The van der Waals surface area contributed by atoms with E-state index in [0.29, 0.717) is 5.75 Å². The Morgan fingerprint density at radius 1 is 1.00 bits per heavy atom. The molecule has 0 radical (unpaired) electrons. The van der Waals surface area contributed by atoms with Crippen LogP contribution in [0.2, 0.25) is 0 Å². The van der Waals surface area contributed by atoms with Crippen LogP contribution in [-0.4, -0.2) is 10.2 Å². The molecule has 2 aromatic rings. The summed E-state index contributed by atoms with van der Waals surface area (Å²) in [5, 5.41) is 22.6. The van der Waals surface area contributed by atoms with Gasteiger partial charge >= 0.3 is 0 Å². The number of rotatable bonds is 4. The van der Waals surface area contributed by atoms with Gasteiger partial charge in [-0.25, -0.2) is 0 Å². The Kier molecular flexibility index (Phi) is 4.18. The normalized spacial score (nSPS) is 12.2. The van der Waals surface area contributed by atoms with Crippen LogP contribution in [-0.2, 0) is 0 Å². The molecule has 0 bridgehead atoms. The van der Waals surface area contributed by atoms with Crippen LogP contribution in [0.4, 0.5) is 5.69 Å². The zero-order valence-corrected chi connectivity index (χ0v) is 12.1. The van der Waals surface area contributed by atoms with Crippen molar-refractivity contribution in [2.45, 2.75) is 33.2 Å². The van der Waals surface area contributed by atoms with Gasteiger partial charge in [0.05, 0.1) is 6.04 Å². The predicted molar refractivity (Wildman–Crippen MR) is 82.3 cm³/mol. The Labute approximate surface area is 119 Å². The summed E-state index contributed by atoms with van der Waals surface area (Å²) in [4.78, 5) is 0. The van der Waals surface area contributed by atoms with Gasteiger partial charge in [-0.05, 0) is 61.2 Å². The highest BCUT2D eigenvalue weighted by Gasteiger charge is 2.11. The monoisotopic (exact) mass is 271 g/mol. The largest absolute Gasteiger partial charge is 0.508 e. The maximum absolute atomic E-state index is 9.71. The van der Waals surface area contributed by atoms with Crippen molar-refractivity contribution in [2.24, 2.45) is 0 Å². The summed E-state index contributed by atoms with van der Waals surface area (Å²) >= 11 is 0. The van der Waals surface area contributed by atoms with E-state index in [0.717, 1.165) is 28.8 Å². The van der Waals surface area contributed by atoms with Crippen molar-refractivity contribution in [1.82, 2.24) is 0 Å². The zero-order chi connectivity index (χ0) is 14.7. The molecule has 0 aliphatic heterocycles. The summed E-state index contributed by atoms with van der Waals surface area (Å²) in [5.74, 6) is 0.603. The van der Waals surface area contributed by atoms with Gasteiger partial charge in [0, 0.05) is 5.69 Å². The fourth-order valence-corrected chi connectivity index (χ4v) is 2.27. The van der Waals surface area contributed by atoms with Crippen LogP contribution in [0, 0.1) is 13.8 Å². The van der Waals surface area contributed by atoms with E-state index in [-0.39, 0.29) is 11.8 Å². The first-order chi connectivity index (χ1) is 9.51. The molecule has 0 saturated heterocycles. The summed E-state index contributed by atoms with van der Waals surface area (Å²) in [6.45, 7) is 5.99. The molecule has 3 heteroatoms. The smallest absolute Gasteiger partial charge is 0.118 e. The van der Waals surface area contributed by atoms with Gasteiger partial charge in [-0.1, -0.05) is 19.1 Å². The quantitative estimate of drug-likeness (QED) is 0.727. The number of phenolic OH excluding ortho intramolecular Hbond substituents is 2. The fourth-order valence-electron chi connectivity index (χ4n) is 2.27. The Hall–Kier alpha value is -2.16. The van der Waals surface area contributed by atoms with Gasteiger partial charge in [0.1, 0.15) is 11.5 Å². The van der Waals surface area contributed by atoms with Gasteiger partial charge in [0.2, 0.25) is 0 Å². The minimum Gasteiger partial charge on any atom is -0.508 e. The maximum Gasteiger partial charge on any atom is 0.118 e. The molecule has 0 aliphatic carbocycles. The highest BCUT2D eigenvalue weighted by molar-refractivity contribution is 5.57. The predicted octanol–water partition coefficient (Wildman–Crippen LogP) is 4.28. The third-order valence-corrected chi connectivity index (χ3v) is 3.58. The number of benzene rings is 2. The lowest BCUT2D eigenvalue weighted by Gasteiger charge is -2.21. The molecular formula is C17H21NO2. The standard InChI is InChI=1S/C17H21NO2/c1-4-15(13-5-7-14(19)8-6-13)18-16-9-12(3)17(20)10-11(16)2/h5-10,15,18-20H,4H2,1-3H3. The molecular weight excluding hydrogens is 250 g/mol. The molecule has 0 aromatic heterocycles. The lowest BCUT2D eigenvalue weighted by atomic mass is 10.0. The van der Waals surface area contributed by atoms with E-state index >= 15 is 0 Å². The van der Waals surface area contributed by atoms with Crippen molar-refractivity contribution < 1.29 is 10.2 Å². The van der Waals surface area contributed by atoms with Crippen LogP contribution in [0.5, 0.6) is 11.5 Å². The molecule has 106 valence electrons. The molecule has 0 amide bonds. The van der Waals surface area contributed by atoms with Crippen molar-refractivity contribution in [3.63, 3.8) is 0 Å². The number of nitrogens with one attached hydrogen (secondary N) is 1. The third kappa shape index (κ3) is 3.05. The van der Waals surface area contributed by atoms with Crippen LogP contribution < -0.4 is 5.32 Å². The Balaban J connectivity index is 2.26. The van der Waals surface area contributed by atoms with Gasteiger partial charge in [-0.3, -0.25) is 0 Å². The van der Waals surface area contributed by atoms with E-state index in [4.69, 9.17) is 0 Å². The summed E-state index contributed by atoms with van der Waals surface area (Å²) in [6, 6.07) is 11.2. The van der Waals surface area contributed by atoms with Crippen molar-refractivity contribution in [1.29, 1.82) is 0 Å². The SMILES string of the molecule is CCC(Nc1cc(C)c(O)cc1C)c1ccc(O)cc1. The average Bonchev–Trinajstić information content (AvgIpc) is 2.42. The second-order valence-electron chi connectivity index (χ2n) is 5.15. The first-order valence-corrected chi connectivity index (χ1v) is 6.87. The Bertz CT molecular complexity index is 591. The van der Waals surface area contributed by atoms with Crippen molar-refractivity contribution in [2.75, 3.05) is 5.32 Å². The van der Waals surface area contributed by atoms with Gasteiger partial charge < -0.3 is 15.5 Å². The number of phenols is 2. The first-order valence-electron chi connectivity index (χ1n) is 6.87. The first kappa shape index (κ1) is 14.3. The molecule has 2 rings (SSSR count). The molecule has 3 N–H and O–H groups in total. The Morgan fingerprint density at radius 3 is 2.25 bits per heavy atom. The molecule has 20 heavy (non-hydrogen) atoms. The molecule has 3 nitrogen and oxygen atoms in total. The number of hydrogen-bond donors (Lipinski definition) is 3. The van der Waals surface area contributed by atoms with Crippen LogP contribution in [0.3, 0.4) is 0 Å². The lowest BCUT2D eigenvalue weighted by Crippen LogP contribution is -2.10. The molecule has 0 spiro atoms. The van der Waals surface area contributed by atoms with E-state index in [1.807, 2.05) is 32.0 Å². The van der Waals surface area contributed by atoms with Crippen LogP contribution in [0.25, 0.3) is 0 Å². The topological polar surface area (TPSA) is 52.5 Å². The number of aryl methyl sites for hydroxylation is 2.